The van der Waals surface area contributed by atoms with Crippen LogP contribution in [0.25, 0.3) is 87.6 Å². The van der Waals surface area contributed by atoms with E-state index in [1.807, 2.05) is 12.1 Å². The average Bonchev–Trinajstić information content (AvgIpc) is 3.65. The Labute approximate surface area is 325 Å². The second-order valence-electron chi connectivity index (χ2n) is 14.5. The van der Waals surface area contributed by atoms with E-state index in [4.69, 9.17) is 4.42 Å². The zero-order valence-electron chi connectivity index (χ0n) is 30.6. The molecular weight excluding hydrogens is 679 g/mol. The molecular formula is C54H35NO. The zero-order chi connectivity index (χ0) is 37.0. The Balaban J connectivity index is 1.00. The van der Waals surface area contributed by atoms with E-state index in [-0.39, 0.29) is 0 Å². The normalized spacial score (nSPS) is 11.6. The lowest BCUT2D eigenvalue weighted by atomic mass is 9.93. The predicted molar refractivity (Wildman–Crippen MR) is 237 cm³/mol. The maximum atomic E-state index is 6.16. The van der Waals surface area contributed by atoms with Crippen molar-refractivity contribution in [2.45, 2.75) is 0 Å². The van der Waals surface area contributed by atoms with Crippen LogP contribution in [0.1, 0.15) is 0 Å². The fraction of sp³-hybridized carbons (Fsp3) is 0. The molecule has 262 valence electrons. The third kappa shape index (κ3) is 5.42. The average molecular weight is 714 g/mol. The monoisotopic (exact) mass is 713 g/mol. The van der Waals surface area contributed by atoms with E-state index < -0.39 is 0 Å². The van der Waals surface area contributed by atoms with Gasteiger partial charge in [-0.1, -0.05) is 158 Å². The van der Waals surface area contributed by atoms with Gasteiger partial charge < -0.3 is 9.32 Å². The lowest BCUT2D eigenvalue weighted by Crippen LogP contribution is -2.10. The van der Waals surface area contributed by atoms with Gasteiger partial charge in [0.2, 0.25) is 0 Å². The Morgan fingerprint density at radius 3 is 1.77 bits per heavy atom. The number of hydrogen-bond acceptors (Lipinski definition) is 2. The van der Waals surface area contributed by atoms with Crippen LogP contribution in [0.4, 0.5) is 17.1 Å². The van der Waals surface area contributed by atoms with Crippen molar-refractivity contribution in [2.24, 2.45) is 0 Å². The number of hydrogen-bond donors (Lipinski definition) is 0. The first kappa shape index (κ1) is 32.0. The second kappa shape index (κ2) is 13.2. The van der Waals surface area contributed by atoms with Gasteiger partial charge in [0.1, 0.15) is 11.2 Å². The first-order valence-corrected chi connectivity index (χ1v) is 19.2. The second-order valence-corrected chi connectivity index (χ2v) is 14.5. The number of benzene rings is 10. The lowest BCUT2D eigenvalue weighted by molar-refractivity contribution is 0.669. The molecule has 11 rings (SSSR count). The summed E-state index contributed by atoms with van der Waals surface area (Å²) in [6, 6.07) is 76.6. The van der Waals surface area contributed by atoms with Gasteiger partial charge in [0.15, 0.2) is 0 Å². The number of furan rings is 1. The predicted octanol–water partition coefficient (Wildman–Crippen LogP) is 15.5. The van der Waals surface area contributed by atoms with Gasteiger partial charge in [0, 0.05) is 27.5 Å². The smallest absolute Gasteiger partial charge is 0.135 e. The zero-order valence-corrected chi connectivity index (χ0v) is 30.6. The minimum absolute atomic E-state index is 0.903. The van der Waals surface area contributed by atoms with Crippen molar-refractivity contribution < 1.29 is 4.42 Å². The van der Waals surface area contributed by atoms with Crippen molar-refractivity contribution >= 4 is 71.3 Å². The molecule has 0 spiro atoms. The maximum Gasteiger partial charge on any atom is 0.135 e. The van der Waals surface area contributed by atoms with Crippen molar-refractivity contribution in [1.29, 1.82) is 0 Å². The van der Waals surface area contributed by atoms with E-state index in [2.05, 4.69) is 205 Å². The molecule has 2 heteroatoms. The standard InChI is InChI=1S/C54H35NO/c1-3-18-45-38(12-1)27-31-49-46(21-10-22-48(45)49)42-16-7-14-39(33-42)36-25-29-43(30-26-36)55(52-23-9-13-37-11-2-4-19-47(37)52)44-17-8-15-40(34-44)41-28-32-54-51(35-41)50-20-5-6-24-53(50)56-54/h1-35H. The molecule has 0 N–H and O–H groups in total. The highest BCUT2D eigenvalue weighted by Gasteiger charge is 2.17. The maximum absolute atomic E-state index is 6.16. The van der Waals surface area contributed by atoms with Gasteiger partial charge >= 0.3 is 0 Å². The molecule has 11 aromatic rings. The molecule has 56 heavy (non-hydrogen) atoms. The van der Waals surface area contributed by atoms with Crippen LogP contribution in [0.5, 0.6) is 0 Å². The molecule has 10 aromatic carbocycles. The Bertz CT molecular complexity index is 3260. The van der Waals surface area contributed by atoms with Crippen molar-refractivity contribution in [2.75, 3.05) is 4.90 Å². The minimum Gasteiger partial charge on any atom is -0.456 e. The van der Waals surface area contributed by atoms with E-state index in [9.17, 15) is 0 Å². The SMILES string of the molecule is c1cc(-c2ccc(N(c3cccc(-c4ccc5oc6ccccc6c5c4)c3)c3cccc4ccccc34)cc2)cc(-c2cccc3c2ccc2ccccc23)c1. The van der Waals surface area contributed by atoms with Crippen LogP contribution in [-0.2, 0) is 0 Å². The van der Waals surface area contributed by atoms with Crippen LogP contribution >= 0.6 is 0 Å². The molecule has 0 aliphatic heterocycles. The molecule has 0 saturated heterocycles. The number of fused-ring (bicyclic) bond motifs is 7. The number of rotatable bonds is 6. The molecule has 0 amide bonds. The molecule has 0 saturated carbocycles. The van der Waals surface area contributed by atoms with Crippen LogP contribution < -0.4 is 4.90 Å². The van der Waals surface area contributed by atoms with Crippen LogP contribution in [-0.4, -0.2) is 0 Å². The van der Waals surface area contributed by atoms with Gasteiger partial charge in [-0.15, -0.1) is 0 Å². The highest BCUT2D eigenvalue weighted by atomic mass is 16.3. The molecule has 0 aliphatic rings. The van der Waals surface area contributed by atoms with E-state index in [0.29, 0.717) is 0 Å². The molecule has 0 atom stereocenters. The molecule has 1 heterocycles. The Kier molecular flexibility index (Phi) is 7.53. The number of para-hydroxylation sites is 1. The van der Waals surface area contributed by atoms with Crippen molar-refractivity contribution in [1.82, 2.24) is 0 Å². The van der Waals surface area contributed by atoms with Gasteiger partial charge in [-0.2, -0.15) is 0 Å². The van der Waals surface area contributed by atoms with Gasteiger partial charge in [0.05, 0.1) is 5.69 Å². The fourth-order valence-corrected chi connectivity index (χ4v) is 8.52. The molecule has 2 nitrogen and oxygen atoms in total. The van der Waals surface area contributed by atoms with Crippen molar-refractivity contribution in [3.8, 4) is 33.4 Å². The molecule has 0 fully saturated rings. The van der Waals surface area contributed by atoms with Gasteiger partial charge in [-0.3, -0.25) is 0 Å². The van der Waals surface area contributed by atoms with Crippen LogP contribution in [0.2, 0.25) is 0 Å². The third-order valence-electron chi connectivity index (χ3n) is 11.2. The van der Waals surface area contributed by atoms with Gasteiger partial charge in [-0.05, 0) is 115 Å². The van der Waals surface area contributed by atoms with Gasteiger partial charge in [-0.25, -0.2) is 0 Å². The fourth-order valence-electron chi connectivity index (χ4n) is 8.52. The number of nitrogens with zero attached hydrogens (tertiary/aromatic N) is 1. The Hall–Kier alpha value is -7.42. The first-order valence-electron chi connectivity index (χ1n) is 19.2. The van der Waals surface area contributed by atoms with E-state index in [0.717, 1.165) is 50.1 Å². The molecule has 0 radical (unpaired) electrons. The topological polar surface area (TPSA) is 16.4 Å². The third-order valence-corrected chi connectivity index (χ3v) is 11.2. The van der Waals surface area contributed by atoms with E-state index in [1.54, 1.807) is 0 Å². The Morgan fingerprint density at radius 2 is 0.893 bits per heavy atom. The summed E-state index contributed by atoms with van der Waals surface area (Å²) in [5, 5.41) is 9.77. The molecule has 0 aliphatic carbocycles. The quantitative estimate of drug-likeness (QED) is 0.160. The summed E-state index contributed by atoms with van der Waals surface area (Å²) in [5.41, 5.74) is 12.2. The molecule has 1 aromatic heterocycles. The van der Waals surface area contributed by atoms with Crippen molar-refractivity contribution in [3.05, 3.63) is 212 Å². The summed E-state index contributed by atoms with van der Waals surface area (Å²) in [6.07, 6.45) is 0. The summed E-state index contributed by atoms with van der Waals surface area (Å²) in [6.45, 7) is 0. The van der Waals surface area contributed by atoms with Gasteiger partial charge in [0.25, 0.3) is 0 Å². The summed E-state index contributed by atoms with van der Waals surface area (Å²) in [7, 11) is 0. The summed E-state index contributed by atoms with van der Waals surface area (Å²) in [5.74, 6) is 0. The minimum atomic E-state index is 0.903. The highest BCUT2D eigenvalue weighted by Crippen LogP contribution is 2.42. The largest absolute Gasteiger partial charge is 0.456 e. The molecule has 0 unspecified atom stereocenters. The van der Waals surface area contributed by atoms with Crippen LogP contribution in [0.15, 0.2) is 217 Å². The van der Waals surface area contributed by atoms with Crippen LogP contribution in [0, 0.1) is 0 Å². The van der Waals surface area contributed by atoms with E-state index >= 15 is 0 Å². The first-order chi connectivity index (χ1) is 27.7. The number of anilines is 3. The summed E-state index contributed by atoms with van der Waals surface area (Å²) >= 11 is 0. The Morgan fingerprint density at radius 1 is 0.286 bits per heavy atom. The van der Waals surface area contributed by atoms with Crippen molar-refractivity contribution in [3.63, 3.8) is 0 Å². The van der Waals surface area contributed by atoms with Crippen LogP contribution in [0.3, 0.4) is 0 Å². The van der Waals surface area contributed by atoms with E-state index in [1.165, 1.54) is 54.6 Å². The molecule has 0 bridgehead atoms. The summed E-state index contributed by atoms with van der Waals surface area (Å²) < 4.78 is 6.16. The highest BCUT2D eigenvalue weighted by molar-refractivity contribution is 6.12. The summed E-state index contributed by atoms with van der Waals surface area (Å²) in [4.78, 5) is 2.39. The lowest BCUT2D eigenvalue weighted by Gasteiger charge is -2.27.